The smallest absolute Gasteiger partial charge is 0.251 e. The monoisotopic (exact) mass is 451 g/mol. The lowest BCUT2D eigenvalue weighted by Crippen LogP contribution is -2.35. The van der Waals surface area contributed by atoms with Gasteiger partial charge in [0.2, 0.25) is 10.0 Å². The number of nitrogens with one attached hydrogen (secondary N) is 2. The van der Waals surface area contributed by atoms with Crippen molar-refractivity contribution >= 4 is 27.3 Å². The molecule has 1 aliphatic rings. The summed E-state index contributed by atoms with van der Waals surface area (Å²) in [7, 11) is 1.56. The van der Waals surface area contributed by atoms with Gasteiger partial charge in [0.05, 0.1) is 13.2 Å². The highest BCUT2D eigenvalue weighted by molar-refractivity contribution is 7.89. The molecule has 1 aliphatic carbocycles. The van der Waals surface area contributed by atoms with Gasteiger partial charge < -0.3 is 15.0 Å². The van der Waals surface area contributed by atoms with Crippen LogP contribution in [0.4, 0.5) is 0 Å². The number of likely N-dealkylation sites (N-methyl/N-ethyl adjacent to an activating group) is 1. The van der Waals surface area contributed by atoms with E-state index in [1.165, 1.54) is 19.2 Å². The first-order valence-electron chi connectivity index (χ1n) is 10.00. The van der Waals surface area contributed by atoms with Crippen LogP contribution in [0.5, 0.6) is 5.75 Å². The molecule has 30 heavy (non-hydrogen) atoms. The molecule has 0 saturated heterocycles. The molecular formula is C21H29N3O4S2. The minimum atomic E-state index is -3.78. The quantitative estimate of drug-likeness (QED) is 0.612. The van der Waals surface area contributed by atoms with Gasteiger partial charge in [0.1, 0.15) is 10.6 Å². The third-order valence-electron chi connectivity index (χ3n) is 5.34. The first-order valence-corrected chi connectivity index (χ1v) is 12.4. The molecule has 1 heterocycles. The number of hydrogen-bond acceptors (Lipinski definition) is 6. The highest BCUT2D eigenvalue weighted by Crippen LogP contribution is 2.28. The summed E-state index contributed by atoms with van der Waals surface area (Å²) in [6.07, 6.45) is 3.70. The molecule has 1 saturated carbocycles. The van der Waals surface area contributed by atoms with Crippen molar-refractivity contribution in [1.82, 2.24) is 14.9 Å². The van der Waals surface area contributed by atoms with Crippen molar-refractivity contribution in [3.63, 3.8) is 0 Å². The van der Waals surface area contributed by atoms with E-state index in [1.807, 2.05) is 36.5 Å². The van der Waals surface area contributed by atoms with Crippen LogP contribution in [0.2, 0.25) is 0 Å². The van der Waals surface area contributed by atoms with Crippen molar-refractivity contribution in [3.8, 4) is 5.75 Å². The average Bonchev–Trinajstić information content (AvgIpc) is 3.41. The Kier molecular flexibility index (Phi) is 7.51. The van der Waals surface area contributed by atoms with Gasteiger partial charge in [-0.25, -0.2) is 13.1 Å². The van der Waals surface area contributed by atoms with Crippen LogP contribution in [0.3, 0.4) is 0 Å². The van der Waals surface area contributed by atoms with Gasteiger partial charge in [0.15, 0.2) is 0 Å². The maximum atomic E-state index is 12.9. The Labute approximate surface area is 182 Å². The molecule has 2 N–H and O–H groups in total. The van der Waals surface area contributed by atoms with Crippen LogP contribution in [0, 0.1) is 0 Å². The second-order valence-corrected chi connectivity index (χ2v) is 10.3. The number of carbonyl (C=O) groups excluding carboxylic acids is 1. The van der Waals surface area contributed by atoms with Gasteiger partial charge in [-0.2, -0.15) is 0 Å². The van der Waals surface area contributed by atoms with Crippen LogP contribution >= 0.6 is 11.3 Å². The molecule has 1 amide bonds. The molecule has 1 fully saturated rings. The van der Waals surface area contributed by atoms with Gasteiger partial charge in [-0.15, -0.1) is 11.3 Å². The molecule has 2 aromatic rings. The number of sulfonamides is 1. The number of rotatable bonds is 9. The number of ether oxygens (including phenoxy) is 1. The van der Waals surface area contributed by atoms with Gasteiger partial charge in [-0.05, 0) is 56.6 Å². The van der Waals surface area contributed by atoms with E-state index >= 15 is 0 Å². The molecule has 0 unspecified atom stereocenters. The summed E-state index contributed by atoms with van der Waals surface area (Å²) in [4.78, 5) is 16.0. The molecule has 3 rings (SSSR count). The number of benzene rings is 1. The Balaban J connectivity index is 1.77. The van der Waals surface area contributed by atoms with Crippen molar-refractivity contribution in [2.75, 3.05) is 27.7 Å². The van der Waals surface area contributed by atoms with Gasteiger partial charge in [0.25, 0.3) is 5.91 Å². The minimum absolute atomic E-state index is 0.00744. The maximum Gasteiger partial charge on any atom is 0.251 e. The van der Waals surface area contributed by atoms with E-state index < -0.39 is 10.0 Å². The average molecular weight is 452 g/mol. The molecule has 0 bridgehead atoms. The number of methoxy groups -OCH3 is 1. The van der Waals surface area contributed by atoms with Crippen LogP contribution in [0.25, 0.3) is 0 Å². The van der Waals surface area contributed by atoms with E-state index in [-0.39, 0.29) is 34.2 Å². The number of amides is 1. The number of nitrogens with zero attached hydrogens (tertiary/aromatic N) is 1. The van der Waals surface area contributed by atoms with Gasteiger partial charge in [-0.1, -0.05) is 18.9 Å². The topological polar surface area (TPSA) is 87.7 Å². The zero-order chi connectivity index (χ0) is 21.7. The fourth-order valence-electron chi connectivity index (χ4n) is 3.66. The summed E-state index contributed by atoms with van der Waals surface area (Å²) in [6.45, 7) is 0.417. The van der Waals surface area contributed by atoms with Crippen LogP contribution in [-0.4, -0.2) is 53.0 Å². The highest BCUT2D eigenvalue weighted by Gasteiger charge is 2.27. The summed E-state index contributed by atoms with van der Waals surface area (Å²) in [5.74, 6) is -0.0971. The van der Waals surface area contributed by atoms with Gasteiger partial charge in [-0.3, -0.25) is 4.79 Å². The van der Waals surface area contributed by atoms with E-state index in [4.69, 9.17) is 4.74 Å². The molecule has 1 aromatic carbocycles. The first kappa shape index (κ1) is 22.7. The summed E-state index contributed by atoms with van der Waals surface area (Å²) < 4.78 is 33.9. The van der Waals surface area contributed by atoms with Crippen molar-refractivity contribution in [2.45, 2.75) is 42.7 Å². The molecular weight excluding hydrogens is 422 g/mol. The standard InChI is InChI=1S/C21H29N3O4S2/c1-24(2)17(19-9-6-12-29-19)14-22-21(25)15-10-11-18(28-3)20(13-15)30(26,27)23-16-7-4-5-8-16/h6,9-13,16-17,23H,4-5,7-8,14H2,1-3H3,(H,22,25)/t17-/m1/s1. The van der Waals surface area contributed by atoms with Crippen molar-refractivity contribution in [3.05, 3.63) is 46.2 Å². The van der Waals surface area contributed by atoms with Crippen molar-refractivity contribution < 1.29 is 17.9 Å². The molecule has 9 heteroatoms. The number of hydrogen-bond donors (Lipinski definition) is 2. The Hall–Kier alpha value is -1.94. The molecule has 1 aromatic heterocycles. The number of thiophene rings is 1. The maximum absolute atomic E-state index is 12.9. The lowest BCUT2D eigenvalue weighted by atomic mass is 10.2. The molecule has 0 spiro atoms. The Morgan fingerprint density at radius 3 is 2.60 bits per heavy atom. The Bertz CT molecular complexity index is 953. The fourth-order valence-corrected chi connectivity index (χ4v) is 6.09. The van der Waals surface area contributed by atoms with Gasteiger partial charge >= 0.3 is 0 Å². The summed E-state index contributed by atoms with van der Waals surface area (Å²) in [5, 5.41) is 4.93. The lowest BCUT2D eigenvalue weighted by Gasteiger charge is -2.23. The van der Waals surface area contributed by atoms with E-state index in [2.05, 4.69) is 10.0 Å². The van der Waals surface area contributed by atoms with E-state index in [0.717, 1.165) is 30.6 Å². The summed E-state index contributed by atoms with van der Waals surface area (Å²) in [5.41, 5.74) is 0.284. The predicted octanol–water partition coefficient (Wildman–Crippen LogP) is 3.01. The fraction of sp³-hybridized carbons (Fsp3) is 0.476. The predicted molar refractivity (Wildman–Crippen MR) is 119 cm³/mol. The summed E-state index contributed by atoms with van der Waals surface area (Å²) >= 11 is 1.64. The van der Waals surface area contributed by atoms with Crippen LogP contribution in [0.1, 0.15) is 47.0 Å². The third-order valence-corrected chi connectivity index (χ3v) is 7.86. The lowest BCUT2D eigenvalue weighted by molar-refractivity contribution is 0.0942. The Morgan fingerprint density at radius 2 is 2.00 bits per heavy atom. The van der Waals surface area contributed by atoms with Crippen LogP contribution in [-0.2, 0) is 10.0 Å². The van der Waals surface area contributed by atoms with E-state index in [0.29, 0.717) is 6.54 Å². The normalized spacial score (nSPS) is 16.0. The van der Waals surface area contributed by atoms with Crippen LogP contribution in [0.15, 0.2) is 40.6 Å². The molecule has 164 valence electrons. The van der Waals surface area contributed by atoms with Gasteiger partial charge in [0, 0.05) is 23.0 Å². The van der Waals surface area contributed by atoms with Crippen molar-refractivity contribution in [1.29, 1.82) is 0 Å². The largest absolute Gasteiger partial charge is 0.495 e. The SMILES string of the molecule is COc1ccc(C(=O)NC[C@H](c2cccs2)N(C)C)cc1S(=O)(=O)NC1CCCC1. The second kappa shape index (κ2) is 9.91. The summed E-state index contributed by atoms with van der Waals surface area (Å²) in [6, 6.07) is 8.49. The minimum Gasteiger partial charge on any atom is -0.495 e. The van der Waals surface area contributed by atoms with E-state index in [1.54, 1.807) is 17.4 Å². The molecule has 1 atom stereocenters. The Morgan fingerprint density at radius 1 is 1.27 bits per heavy atom. The molecule has 7 nitrogen and oxygen atoms in total. The molecule has 0 radical (unpaired) electrons. The van der Waals surface area contributed by atoms with Crippen molar-refractivity contribution in [2.24, 2.45) is 0 Å². The first-order chi connectivity index (χ1) is 14.3. The second-order valence-electron chi connectivity index (χ2n) is 7.67. The molecule has 0 aliphatic heterocycles. The zero-order valence-electron chi connectivity index (χ0n) is 17.6. The highest BCUT2D eigenvalue weighted by atomic mass is 32.2. The third kappa shape index (κ3) is 5.40. The number of carbonyl (C=O) groups is 1. The van der Waals surface area contributed by atoms with Crippen LogP contribution < -0.4 is 14.8 Å². The van der Waals surface area contributed by atoms with E-state index in [9.17, 15) is 13.2 Å². The zero-order valence-corrected chi connectivity index (χ0v) is 19.2.